The summed E-state index contributed by atoms with van der Waals surface area (Å²) in [5.74, 6) is -1.08. The highest BCUT2D eigenvalue weighted by Gasteiger charge is 1.87. The highest BCUT2D eigenvalue weighted by atomic mass is 16.4. The average Bonchev–Trinajstić information content (AvgIpc) is 2.06. The van der Waals surface area contributed by atoms with Gasteiger partial charge in [-0.15, -0.1) is 0 Å². The molecule has 0 spiro atoms. The van der Waals surface area contributed by atoms with E-state index in [0.717, 1.165) is 13.5 Å². The van der Waals surface area contributed by atoms with Gasteiger partial charge in [-0.25, -0.2) is 0 Å². The van der Waals surface area contributed by atoms with Gasteiger partial charge >= 0.3 is 0 Å². The summed E-state index contributed by atoms with van der Waals surface area (Å²) in [6, 6.07) is 10.4. The number of hydrogen-bond donors (Lipinski definition) is 1. The molecular formula is C10H15NO2. The molecular weight excluding hydrogens is 166 g/mol. The minimum atomic E-state index is -1.08. The van der Waals surface area contributed by atoms with Crippen LogP contribution < -0.4 is 10.4 Å². The van der Waals surface area contributed by atoms with E-state index in [9.17, 15) is 0 Å². The molecule has 0 fully saturated rings. The summed E-state index contributed by atoms with van der Waals surface area (Å²) in [5.41, 5.74) is 1.32. The van der Waals surface area contributed by atoms with Crippen LogP contribution >= 0.6 is 0 Å². The first kappa shape index (κ1) is 11.6. The Balaban J connectivity index is 0.000000310. The van der Waals surface area contributed by atoms with Gasteiger partial charge in [0.1, 0.15) is 5.69 Å². The molecule has 0 aromatic heterocycles. The van der Waals surface area contributed by atoms with Crippen LogP contribution in [0.5, 0.6) is 0 Å². The molecule has 1 aromatic carbocycles. The van der Waals surface area contributed by atoms with E-state index in [4.69, 9.17) is 9.90 Å². The molecule has 0 aliphatic rings. The van der Waals surface area contributed by atoms with Crippen molar-refractivity contribution in [2.24, 2.45) is 0 Å². The Morgan fingerprint density at radius 2 is 1.85 bits per heavy atom. The van der Waals surface area contributed by atoms with Gasteiger partial charge in [0.05, 0.1) is 6.54 Å². The van der Waals surface area contributed by atoms with Gasteiger partial charge in [-0.2, -0.15) is 0 Å². The van der Waals surface area contributed by atoms with Gasteiger partial charge in [-0.3, -0.25) is 0 Å². The molecule has 0 atom stereocenters. The standard InChI is InChI=1S/C8H11N.C2H4O2/c1-2-9-8-6-4-3-5-7-8;1-2(3)4/h3-7,9H,2H2,1H3;1H3,(H,3,4). The number of hydrogen-bond acceptors (Lipinski definition) is 2. The first-order valence-corrected chi connectivity index (χ1v) is 4.22. The summed E-state index contributed by atoms with van der Waals surface area (Å²) >= 11 is 0. The van der Waals surface area contributed by atoms with Gasteiger partial charge in [-0.1, -0.05) is 18.2 Å². The predicted octanol–water partition coefficient (Wildman–Crippen LogP) is -0.342. The minimum Gasteiger partial charge on any atom is -0.550 e. The van der Waals surface area contributed by atoms with Crippen LogP contribution in [0.2, 0.25) is 0 Å². The number of benzene rings is 1. The lowest BCUT2D eigenvalue weighted by Gasteiger charge is -1.93. The lowest BCUT2D eigenvalue weighted by Crippen LogP contribution is -2.77. The quantitative estimate of drug-likeness (QED) is 0.634. The summed E-state index contributed by atoms with van der Waals surface area (Å²) in [4.78, 5) is 8.89. The van der Waals surface area contributed by atoms with Crippen molar-refractivity contribution in [1.29, 1.82) is 0 Å². The summed E-state index contributed by atoms with van der Waals surface area (Å²) in [7, 11) is 0. The summed E-state index contributed by atoms with van der Waals surface area (Å²) in [6.45, 7) is 4.23. The van der Waals surface area contributed by atoms with E-state index < -0.39 is 5.97 Å². The summed E-state index contributed by atoms with van der Waals surface area (Å²) < 4.78 is 0. The smallest absolute Gasteiger partial charge is 0.129 e. The van der Waals surface area contributed by atoms with E-state index in [1.807, 2.05) is 6.07 Å². The largest absolute Gasteiger partial charge is 0.550 e. The van der Waals surface area contributed by atoms with E-state index in [-0.39, 0.29) is 0 Å². The molecule has 13 heavy (non-hydrogen) atoms. The second-order valence-electron chi connectivity index (χ2n) is 2.51. The minimum absolute atomic E-state index is 0.972. The first-order chi connectivity index (χ1) is 6.16. The molecule has 0 aliphatic heterocycles. The average molecular weight is 181 g/mol. The monoisotopic (exact) mass is 181 g/mol. The fraction of sp³-hybridized carbons (Fsp3) is 0.300. The number of carbonyl (C=O) groups is 1. The number of rotatable bonds is 2. The molecule has 1 rings (SSSR count). The second-order valence-corrected chi connectivity index (χ2v) is 2.51. The Morgan fingerprint density at radius 3 is 2.23 bits per heavy atom. The number of carboxylic acids is 1. The normalized spacial score (nSPS) is 8.46. The van der Waals surface area contributed by atoms with E-state index in [1.54, 1.807) is 0 Å². The molecule has 3 nitrogen and oxygen atoms in total. The molecule has 0 heterocycles. The van der Waals surface area contributed by atoms with Gasteiger partial charge in [-0.05, 0) is 26.0 Å². The molecule has 0 bridgehead atoms. The fourth-order valence-corrected chi connectivity index (χ4v) is 0.825. The van der Waals surface area contributed by atoms with Crippen LogP contribution in [0.4, 0.5) is 5.69 Å². The third kappa shape index (κ3) is 8.56. The van der Waals surface area contributed by atoms with Crippen LogP contribution in [0.3, 0.4) is 0 Å². The Kier molecular flexibility index (Phi) is 6.55. The fourth-order valence-electron chi connectivity index (χ4n) is 0.825. The zero-order chi connectivity index (χ0) is 10.1. The van der Waals surface area contributed by atoms with Gasteiger partial charge in [0.2, 0.25) is 0 Å². The van der Waals surface area contributed by atoms with E-state index in [0.29, 0.717) is 0 Å². The maximum absolute atomic E-state index is 8.89. The number of quaternary nitrogens is 1. The first-order valence-electron chi connectivity index (χ1n) is 4.22. The molecule has 0 amide bonds. The summed E-state index contributed by atoms with van der Waals surface area (Å²) in [6.07, 6.45) is 0. The highest BCUT2D eigenvalue weighted by Crippen LogP contribution is 1.94. The maximum Gasteiger partial charge on any atom is 0.129 e. The number of carboxylic acid groups (broad SMARTS) is 1. The molecule has 0 aliphatic carbocycles. The lowest BCUT2D eigenvalue weighted by atomic mass is 10.3. The molecule has 2 N–H and O–H groups in total. The molecule has 0 saturated carbocycles. The van der Waals surface area contributed by atoms with Crippen LogP contribution in [0.1, 0.15) is 13.8 Å². The molecule has 1 aromatic rings. The Hall–Kier alpha value is -1.35. The Bertz CT molecular complexity index is 230. The van der Waals surface area contributed by atoms with E-state index >= 15 is 0 Å². The Morgan fingerprint density at radius 1 is 1.38 bits per heavy atom. The highest BCUT2D eigenvalue weighted by molar-refractivity contribution is 5.60. The molecule has 0 radical (unpaired) electrons. The van der Waals surface area contributed by atoms with Crippen molar-refractivity contribution in [3.8, 4) is 0 Å². The van der Waals surface area contributed by atoms with Crippen molar-refractivity contribution in [2.75, 3.05) is 6.54 Å². The molecule has 0 unspecified atom stereocenters. The van der Waals surface area contributed by atoms with Crippen molar-refractivity contribution in [3.05, 3.63) is 30.3 Å². The third-order valence-electron chi connectivity index (χ3n) is 1.24. The Labute approximate surface area is 78.4 Å². The molecule has 72 valence electrons. The van der Waals surface area contributed by atoms with Crippen LogP contribution in [0.15, 0.2) is 30.3 Å². The van der Waals surface area contributed by atoms with Gasteiger partial charge in [0.15, 0.2) is 0 Å². The van der Waals surface area contributed by atoms with Crippen molar-refractivity contribution < 1.29 is 15.2 Å². The van der Waals surface area contributed by atoms with Crippen molar-refractivity contribution in [1.82, 2.24) is 0 Å². The zero-order valence-electron chi connectivity index (χ0n) is 7.99. The topological polar surface area (TPSA) is 56.7 Å². The maximum atomic E-state index is 8.89. The van der Waals surface area contributed by atoms with Gasteiger partial charge in [0.25, 0.3) is 0 Å². The van der Waals surface area contributed by atoms with Crippen molar-refractivity contribution in [2.45, 2.75) is 13.8 Å². The number of nitrogens with two attached hydrogens (primary N) is 1. The SMILES string of the molecule is CC(=O)[O-].CC[NH2+]c1ccccc1. The number of carbonyl (C=O) groups excluding carboxylic acids is 1. The third-order valence-corrected chi connectivity index (χ3v) is 1.24. The van der Waals surface area contributed by atoms with Crippen LogP contribution in [-0.4, -0.2) is 12.5 Å². The second kappa shape index (κ2) is 7.31. The number of aliphatic carboxylic acids is 1. The summed E-state index contributed by atoms with van der Waals surface area (Å²) in [5, 5.41) is 11.1. The van der Waals surface area contributed by atoms with Gasteiger partial charge < -0.3 is 15.2 Å². The van der Waals surface area contributed by atoms with E-state index in [2.05, 4.69) is 36.5 Å². The number of para-hydroxylation sites is 1. The van der Waals surface area contributed by atoms with E-state index in [1.165, 1.54) is 5.69 Å². The van der Waals surface area contributed by atoms with Crippen molar-refractivity contribution in [3.63, 3.8) is 0 Å². The zero-order valence-corrected chi connectivity index (χ0v) is 7.99. The lowest BCUT2D eigenvalue weighted by molar-refractivity contribution is -0.567. The molecule has 0 saturated heterocycles. The van der Waals surface area contributed by atoms with Crippen molar-refractivity contribution >= 4 is 11.7 Å². The van der Waals surface area contributed by atoms with Crippen LogP contribution in [0.25, 0.3) is 0 Å². The predicted molar refractivity (Wildman–Crippen MR) is 49.2 cm³/mol. The van der Waals surface area contributed by atoms with Crippen LogP contribution in [-0.2, 0) is 4.79 Å². The van der Waals surface area contributed by atoms with Gasteiger partial charge in [0, 0.05) is 5.97 Å². The van der Waals surface area contributed by atoms with Crippen LogP contribution in [0, 0.1) is 0 Å². The molecule has 3 heteroatoms.